The predicted octanol–water partition coefficient (Wildman–Crippen LogP) is 5.00. The van der Waals surface area contributed by atoms with E-state index in [0.29, 0.717) is 21.9 Å². The van der Waals surface area contributed by atoms with Crippen LogP contribution in [0, 0.1) is 0 Å². The monoisotopic (exact) mass is 443 g/mol. The summed E-state index contributed by atoms with van der Waals surface area (Å²) < 4.78 is 50.3. The van der Waals surface area contributed by atoms with Crippen LogP contribution in [0.25, 0.3) is 33.0 Å². The lowest BCUT2D eigenvalue weighted by atomic mass is 10.1. The second kappa shape index (κ2) is 7.15. The Hall–Kier alpha value is -2.50. The maximum atomic E-state index is 12.4. The second-order valence-corrected chi connectivity index (χ2v) is 7.98. The van der Waals surface area contributed by atoms with E-state index < -0.39 is 16.5 Å². The van der Waals surface area contributed by atoms with Crippen molar-refractivity contribution < 1.29 is 17.4 Å². The highest BCUT2D eigenvalue weighted by molar-refractivity contribution is 7.87. The fraction of sp³-hybridized carbons (Fsp3) is 0.0625. The minimum Gasteiger partial charge on any atom is -0.343 e. The van der Waals surface area contributed by atoms with Crippen LogP contribution in [0.15, 0.2) is 42.2 Å². The van der Waals surface area contributed by atoms with Gasteiger partial charge < -0.3 is 4.98 Å². The lowest BCUT2D eigenvalue weighted by Gasteiger charge is -2.10. The Morgan fingerprint density at radius 3 is 2.75 bits per heavy atom. The molecule has 0 radical (unpaired) electrons. The number of hydrogen-bond donors (Lipinski definition) is 2. The van der Waals surface area contributed by atoms with Gasteiger partial charge in [0, 0.05) is 28.4 Å². The molecular formula is C16H9ClF3N5OS2. The standard InChI is InChI=1S/C16H9ClF3N5OS2/c17-11-5-8(25-28(26)16(18,19)20)1-2-9(11)12-6-27-15(24-12)10-3-4-21-14-13(10)22-7-23-14/h1-7,25H,(H,21,22,23). The van der Waals surface area contributed by atoms with E-state index in [-0.39, 0.29) is 10.7 Å². The maximum Gasteiger partial charge on any atom is 0.490 e. The number of thiazole rings is 1. The van der Waals surface area contributed by atoms with Crippen LogP contribution >= 0.6 is 22.9 Å². The van der Waals surface area contributed by atoms with Crippen LogP contribution < -0.4 is 4.72 Å². The normalized spacial score (nSPS) is 13.0. The zero-order valence-electron chi connectivity index (χ0n) is 13.6. The van der Waals surface area contributed by atoms with E-state index in [1.165, 1.54) is 29.5 Å². The number of halogens is 4. The van der Waals surface area contributed by atoms with Gasteiger partial charge in [0.1, 0.15) is 5.01 Å². The van der Waals surface area contributed by atoms with Crippen LogP contribution in [0.5, 0.6) is 0 Å². The molecule has 0 bridgehead atoms. The smallest absolute Gasteiger partial charge is 0.343 e. The molecule has 12 heteroatoms. The highest BCUT2D eigenvalue weighted by atomic mass is 35.5. The Morgan fingerprint density at radius 2 is 2.00 bits per heavy atom. The second-order valence-electron chi connectivity index (χ2n) is 5.51. The highest BCUT2D eigenvalue weighted by Gasteiger charge is 2.37. The number of anilines is 1. The number of pyridine rings is 1. The fourth-order valence-electron chi connectivity index (χ4n) is 2.50. The third-order valence-electron chi connectivity index (χ3n) is 3.73. The molecule has 4 rings (SSSR count). The Labute approximate surface area is 167 Å². The largest absolute Gasteiger partial charge is 0.490 e. The van der Waals surface area contributed by atoms with Crippen LogP contribution in [0.2, 0.25) is 5.02 Å². The summed E-state index contributed by atoms with van der Waals surface area (Å²) in [6, 6.07) is 5.97. The minimum atomic E-state index is -4.86. The van der Waals surface area contributed by atoms with E-state index in [9.17, 15) is 17.4 Å². The van der Waals surface area contributed by atoms with Crippen molar-refractivity contribution in [1.29, 1.82) is 0 Å². The van der Waals surface area contributed by atoms with Crippen LogP contribution in [0.4, 0.5) is 18.9 Å². The number of aromatic amines is 1. The first-order valence-electron chi connectivity index (χ1n) is 7.62. The van der Waals surface area contributed by atoms with Gasteiger partial charge in [-0.2, -0.15) is 13.2 Å². The van der Waals surface area contributed by atoms with Crippen molar-refractivity contribution in [1.82, 2.24) is 19.9 Å². The summed E-state index contributed by atoms with van der Waals surface area (Å²) in [4.78, 5) is 15.9. The Morgan fingerprint density at radius 1 is 1.18 bits per heavy atom. The fourth-order valence-corrected chi connectivity index (χ4v) is 4.08. The number of imidazole rings is 1. The van der Waals surface area contributed by atoms with E-state index in [1.54, 1.807) is 17.9 Å². The first-order valence-corrected chi connectivity index (χ1v) is 10.0. The SMILES string of the molecule is O=S(Nc1ccc(-c2csc(-c3ccnc4nc[nH]c34)n2)c(Cl)c1)C(F)(F)F. The summed E-state index contributed by atoms with van der Waals surface area (Å²) in [6.07, 6.45) is 3.18. The lowest BCUT2D eigenvalue weighted by Crippen LogP contribution is -2.22. The van der Waals surface area contributed by atoms with Gasteiger partial charge in [0.25, 0.3) is 0 Å². The van der Waals surface area contributed by atoms with Gasteiger partial charge in [0.2, 0.25) is 11.0 Å². The van der Waals surface area contributed by atoms with Crippen molar-refractivity contribution in [2.75, 3.05) is 4.72 Å². The number of aromatic nitrogens is 4. The van der Waals surface area contributed by atoms with Gasteiger partial charge in [0.05, 0.1) is 22.6 Å². The molecule has 0 spiro atoms. The topological polar surface area (TPSA) is 83.6 Å². The Kier molecular flexibility index (Phi) is 4.81. The summed E-state index contributed by atoms with van der Waals surface area (Å²) >= 11 is 7.60. The lowest BCUT2D eigenvalue weighted by molar-refractivity contribution is -0.0379. The van der Waals surface area contributed by atoms with Crippen molar-refractivity contribution >= 4 is 50.8 Å². The molecule has 0 saturated heterocycles. The predicted molar refractivity (Wildman–Crippen MR) is 103 cm³/mol. The van der Waals surface area contributed by atoms with Gasteiger partial charge in [-0.25, -0.2) is 19.2 Å². The van der Waals surface area contributed by atoms with Crippen molar-refractivity contribution in [3.05, 3.63) is 47.2 Å². The number of rotatable bonds is 4. The van der Waals surface area contributed by atoms with Crippen LogP contribution in [-0.2, 0) is 11.0 Å². The van der Waals surface area contributed by atoms with E-state index in [4.69, 9.17) is 11.6 Å². The molecule has 28 heavy (non-hydrogen) atoms. The zero-order valence-corrected chi connectivity index (χ0v) is 16.0. The Bertz CT molecular complexity index is 1190. The van der Waals surface area contributed by atoms with Crippen LogP contribution in [0.1, 0.15) is 0 Å². The third kappa shape index (κ3) is 3.60. The van der Waals surface area contributed by atoms with Crippen molar-refractivity contribution in [2.24, 2.45) is 0 Å². The van der Waals surface area contributed by atoms with Crippen LogP contribution in [0.3, 0.4) is 0 Å². The molecule has 1 unspecified atom stereocenters. The molecule has 3 aromatic heterocycles. The summed E-state index contributed by atoms with van der Waals surface area (Å²) in [5.74, 6) is 0. The molecule has 0 aliphatic rings. The molecule has 4 aromatic rings. The van der Waals surface area contributed by atoms with Gasteiger partial charge in [-0.1, -0.05) is 11.6 Å². The molecule has 144 valence electrons. The molecule has 0 aliphatic carbocycles. The van der Waals surface area contributed by atoms with Gasteiger partial charge in [-0.15, -0.1) is 11.3 Å². The molecule has 0 fully saturated rings. The quantitative estimate of drug-likeness (QED) is 0.465. The molecule has 1 atom stereocenters. The molecule has 1 aromatic carbocycles. The number of fused-ring (bicyclic) bond motifs is 1. The molecule has 0 amide bonds. The van der Waals surface area contributed by atoms with Gasteiger partial charge in [0.15, 0.2) is 5.65 Å². The van der Waals surface area contributed by atoms with Crippen molar-refractivity contribution in [3.8, 4) is 21.8 Å². The average molecular weight is 444 g/mol. The van der Waals surface area contributed by atoms with E-state index in [0.717, 1.165) is 11.1 Å². The third-order valence-corrected chi connectivity index (χ3v) is 5.76. The number of hydrogen-bond acceptors (Lipinski definition) is 5. The number of H-pyrrole nitrogens is 1. The molecular weight excluding hydrogens is 435 g/mol. The highest BCUT2D eigenvalue weighted by Crippen LogP contribution is 2.35. The van der Waals surface area contributed by atoms with Crippen molar-refractivity contribution in [3.63, 3.8) is 0 Å². The minimum absolute atomic E-state index is 0.00633. The number of nitrogens with one attached hydrogen (secondary N) is 2. The van der Waals surface area contributed by atoms with Crippen LogP contribution in [-0.4, -0.2) is 29.7 Å². The molecule has 6 nitrogen and oxygen atoms in total. The van der Waals surface area contributed by atoms with E-state index >= 15 is 0 Å². The summed E-state index contributed by atoms with van der Waals surface area (Å²) in [5, 5.41) is 2.69. The van der Waals surface area contributed by atoms with Gasteiger partial charge in [-0.3, -0.25) is 4.72 Å². The Balaban J connectivity index is 1.64. The number of alkyl halides is 3. The first kappa shape index (κ1) is 18.8. The van der Waals surface area contributed by atoms with E-state index in [1.807, 2.05) is 10.8 Å². The molecule has 3 heterocycles. The summed E-state index contributed by atoms with van der Waals surface area (Å²) in [7, 11) is -3.22. The van der Waals surface area contributed by atoms with E-state index in [2.05, 4.69) is 19.9 Å². The summed E-state index contributed by atoms with van der Waals surface area (Å²) in [6.45, 7) is 0. The number of benzene rings is 1. The van der Waals surface area contributed by atoms with Crippen molar-refractivity contribution in [2.45, 2.75) is 5.51 Å². The van der Waals surface area contributed by atoms with Gasteiger partial charge in [-0.05, 0) is 24.3 Å². The summed E-state index contributed by atoms with van der Waals surface area (Å²) in [5.41, 5.74) is -1.61. The molecule has 0 aliphatic heterocycles. The maximum absolute atomic E-state index is 12.4. The first-order chi connectivity index (χ1) is 13.3. The molecule has 2 N–H and O–H groups in total. The number of nitrogens with zero attached hydrogens (tertiary/aromatic N) is 3. The molecule has 0 saturated carbocycles. The zero-order chi connectivity index (χ0) is 19.9. The van der Waals surface area contributed by atoms with Gasteiger partial charge >= 0.3 is 5.51 Å². The average Bonchev–Trinajstić information content (AvgIpc) is 3.30.